The number of nitrogens with one attached hydrogen (secondary N) is 1. The maximum Gasteiger partial charge on any atom is 0.241 e. The molecular weight excluding hydrogens is 402 g/mol. The lowest BCUT2D eigenvalue weighted by Crippen LogP contribution is -2.55. The van der Waals surface area contributed by atoms with Gasteiger partial charge in [-0.25, -0.2) is 13.1 Å². The molecule has 0 aromatic heterocycles. The Morgan fingerprint density at radius 2 is 1.19 bits per heavy atom. The molecule has 4 aliphatic rings. The van der Waals surface area contributed by atoms with Gasteiger partial charge >= 0.3 is 0 Å². The largest absolute Gasteiger partial charge is 0.241 e. The van der Waals surface area contributed by atoms with Crippen LogP contribution in [0.15, 0.2) is 17.0 Å². The summed E-state index contributed by atoms with van der Waals surface area (Å²) in [6, 6.07) is 4.28. The highest BCUT2D eigenvalue weighted by molar-refractivity contribution is 7.89. The lowest BCUT2D eigenvalue weighted by Gasteiger charge is -2.59. The van der Waals surface area contributed by atoms with Crippen LogP contribution < -0.4 is 4.72 Å². The second-order valence-electron chi connectivity index (χ2n) is 12.1. The van der Waals surface area contributed by atoms with E-state index in [-0.39, 0.29) is 23.3 Å². The van der Waals surface area contributed by atoms with Gasteiger partial charge in [0.2, 0.25) is 10.0 Å². The molecule has 1 aromatic carbocycles. The summed E-state index contributed by atoms with van der Waals surface area (Å²) in [5.74, 6) is 3.17. The van der Waals surface area contributed by atoms with E-state index in [9.17, 15) is 8.42 Å². The van der Waals surface area contributed by atoms with Gasteiger partial charge in [-0.3, -0.25) is 0 Å². The van der Waals surface area contributed by atoms with Crippen LogP contribution in [0.2, 0.25) is 0 Å². The Bertz CT molecular complexity index is 864. The molecule has 0 unspecified atom stereocenters. The Hall–Kier alpha value is -0.870. The van der Waals surface area contributed by atoms with Gasteiger partial charge in [0.25, 0.3) is 0 Å². The standard InChI is InChI=1S/C27H43NO2S/c1-16(2)23-11-24(17(3)4)26(25(12-23)18(5)6)31(29,30)28-19(7)27-13-20-8-21(14-27)10-22(9-20)15-27/h11-12,16-22,28H,8-10,13-15H2,1-7H3/t19-,20?,21?,22?,27?/m0/s1. The maximum absolute atomic E-state index is 14.0. The zero-order valence-corrected chi connectivity index (χ0v) is 21.5. The van der Waals surface area contributed by atoms with Crippen LogP contribution in [0.3, 0.4) is 0 Å². The zero-order chi connectivity index (χ0) is 22.7. The van der Waals surface area contributed by atoms with Gasteiger partial charge in [0.15, 0.2) is 0 Å². The minimum absolute atomic E-state index is 0.00398. The lowest BCUT2D eigenvalue weighted by molar-refractivity contribution is -0.0666. The van der Waals surface area contributed by atoms with Crippen LogP contribution in [0.1, 0.15) is 121 Å². The molecule has 3 nitrogen and oxygen atoms in total. The second kappa shape index (κ2) is 8.17. The summed E-state index contributed by atoms with van der Waals surface area (Å²) in [5, 5.41) is 0. The summed E-state index contributed by atoms with van der Waals surface area (Å²) < 4.78 is 31.2. The maximum atomic E-state index is 14.0. The summed E-state index contributed by atoms with van der Waals surface area (Å²) in [6.07, 6.45) is 7.77. The van der Waals surface area contributed by atoms with E-state index in [1.807, 2.05) is 0 Å². The van der Waals surface area contributed by atoms with E-state index in [2.05, 4.69) is 65.3 Å². The van der Waals surface area contributed by atoms with Crippen molar-refractivity contribution < 1.29 is 8.42 Å². The molecular formula is C27H43NO2S. The number of benzene rings is 1. The highest BCUT2D eigenvalue weighted by Crippen LogP contribution is 2.61. The fourth-order valence-electron chi connectivity index (χ4n) is 7.32. The minimum atomic E-state index is -3.60. The Morgan fingerprint density at radius 1 is 0.774 bits per heavy atom. The Balaban J connectivity index is 1.71. The normalized spacial score (nSPS) is 31.2. The van der Waals surface area contributed by atoms with Gasteiger partial charge in [-0.2, -0.15) is 0 Å². The molecule has 1 N–H and O–H groups in total. The molecule has 31 heavy (non-hydrogen) atoms. The van der Waals surface area contributed by atoms with Gasteiger partial charge < -0.3 is 0 Å². The molecule has 1 atom stereocenters. The first-order valence-electron chi connectivity index (χ1n) is 12.6. The fraction of sp³-hybridized carbons (Fsp3) is 0.778. The Labute approximate surface area is 190 Å². The molecule has 0 aliphatic heterocycles. The molecule has 4 aliphatic carbocycles. The van der Waals surface area contributed by atoms with Gasteiger partial charge in [0.1, 0.15) is 0 Å². The van der Waals surface area contributed by atoms with Gasteiger partial charge in [-0.1, -0.05) is 53.7 Å². The molecule has 0 spiro atoms. The number of sulfonamides is 1. The van der Waals surface area contributed by atoms with E-state index in [0.717, 1.165) is 28.9 Å². The number of hydrogen-bond donors (Lipinski definition) is 1. The highest BCUT2D eigenvalue weighted by atomic mass is 32.2. The van der Waals surface area contributed by atoms with Crippen LogP contribution >= 0.6 is 0 Å². The molecule has 0 heterocycles. The SMILES string of the molecule is CC(C)c1cc(C(C)C)c(S(=O)(=O)N[C@@H](C)C23CC4CC(CC(C4)C2)C3)c(C(C)C)c1. The summed E-state index contributed by atoms with van der Waals surface area (Å²) in [4.78, 5) is 0.554. The van der Waals surface area contributed by atoms with Crippen molar-refractivity contribution in [3.05, 3.63) is 28.8 Å². The third kappa shape index (κ3) is 4.24. The topological polar surface area (TPSA) is 46.2 Å². The van der Waals surface area contributed by atoms with Gasteiger partial charge in [-0.05, 0) is 103 Å². The van der Waals surface area contributed by atoms with E-state index in [1.165, 1.54) is 44.1 Å². The monoisotopic (exact) mass is 445 g/mol. The van der Waals surface area contributed by atoms with E-state index < -0.39 is 10.0 Å². The van der Waals surface area contributed by atoms with Crippen LogP contribution in [-0.2, 0) is 10.0 Å². The van der Waals surface area contributed by atoms with Gasteiger partial charge in [0.05, 0.1) is 4.90 Å². The van der Waals surface area contributed by atoms with Crippen LogP contribution in [-0.4, -0.2) is 14.5 Å². The Morgan fingerprint density at radius 3 is 1.55 bits per heavy atom. The van der Waals surface area contributed by atoms with Crippen molar-refractivity contribution in [2.45, 2.75) is 116 Å². The minimum Gasteiger partial charge on any atom is -0.208 e. The molecule has 0 radical (unpaired) electrons. The molecule has 174 valence electrons. The van der Waals surface area contributed by atoms with Crippen molar-refractivity contribution in [1.29, 1.82) is 0 Å². The molecule has 4 heteroatoms. The smallest absolute Gasteiger partial charge is 0.208 e. The third-order valence-corrected chi connectivity index (χ3v) is 10.4. The fourth-order valence-corrected chi connectivity index (χ4v) is 9.37. The van der Waals surface area contributed by atoms with E-state index in [1.54, 1.807) is 0 Å². The summed E-state index contributed by atoms with van der Waals surface area (Å²) in [5.41, 5.74) is 3.34. The van der Waals surface area contributed by atoms with Crippen molar-refractivity contribution >= 4 is 10.0 Å². The van der Waals surface area contributed by atoms with Crippen molar-refractivity contribution in [2.75, 3.05) is 0 Å². The second-order valence-corrected chi connectivity index (χ2v) is 13.8. The molecule has 0 amide bonds. The predicted octanol–water partition coefficient (Wildman–Crippen LogP) is 6.94. The first-order valence-corrected chi connectivity index (χ1v) is 14.1. The van der Waals surface area contributed by atoms with Crippen LogP contribution in [0, 0.1) is 23.2 Å². The molecule has 4 saturated carbocycles. The van der Waals surface area contributed by atoms with Gasteiger partial charge in [0, 0.05) is 6.04 Å². The first kappa shape index (κ1) is 23.3. The van der Waals surface area contributed by atoms with E-state index in [4.69, 9.17) is 0 Å². The first-order chi connectivity index (χ1) is 14.4. The molecule has 4 fully saturated rings. The van der Waals surface area contributed by atoms with E-state index in [0.29, 0.717) is 10.8 Å². The van der Waals surface area contributed by atoms with E-state index >= 15 is 0 Å². The number of hydrogen-bond acceptors (Lipinski definition) is 2. The van der Waals surface area contributed by atoms with Crippen molar-refractivity contribution in [3.8, 4) is 0 Å². The molecule has 1 aromatic rings. The number of rotatable bonds is 7. The molecule has 4 bridgehead atoms. The highest BCUT2D eigenvalue weighted by Gasteiger charge is 2.53. The van der Waals surface area contributed by atoms with Crippen LogP contribution in [0.4, 0.5) is 0 Å². The van der Waals surface area contributed by atoms with Crippen molar-refractivity contribution in [1.82, 2.24) is 4.72 Å². The average Bonchev–Trinajstić information content (AvgIpc) is 2.65. The third-order valence-electron chi connectivity index (χ3n) is 8.68. The summed E-state index contributed by atoms with van der Waals surface area (Å²) in [6.45, 7) is 15.0. The lowest BCUT2D eigenvalue weighted by atomic mass is 9.48. The summed E-state index contributed by atoms with van der Waals surface area (Å²) in [7, 11) is -3.60. The summed E-state index contributed by atoms with van der Waals surface area (Å²) >= 11 is 0. The van der Waals surface area contributed by atoms with Crippen molar-refractivity contribution in [3.63, 3.8) is 0 Å². The molecule has 0 saturated heterocycles. The average molecular weight is 446 g/mol. The van der Waals surface area contributed by atoms with Crippen LogP contribution in [0.5, 0.6) is 0 Å². The predicted molar refractivity (Wildman–Crippen MR) is 129 cm³/mol. The quantitative estimate of drug-likeness (QED) is 0.494. The molecule has 5 rings (SSSR count). The van der Waals surface area contributed by atoms with Crippen LogP contribution in [0.25, 0.3) is 0 Å². The van der Waals surface area contributed by atoms with Gasteiger partial charge in [-0.15, -0.1) is 0 Å². The zero-order valence-electron chi connectivity index (χ0n) is 20.7. The Kier molecular flexibility index (Phi) is 6.14. The van der Waals surface area contributed by atoms with Crippen molar-refractivity contribution in [2.24, 2.45) is 23.2 Å².